The number of rotatable bonds is 6. The molecule has 1 saturated heterocycles. The van der Waals surface area contributed by atoms with E-state index in [2.05, 4.69) is 16.3 Å². The zero-order valence-corrected chi connectivity index (χ0v) is 16.9. The number of nitrogens with zero attached hydrogens (tertiary/aromatic N) is 2. The van der Waals surface area contributed by atoms with Crippen molar-refractivity contribution in [3.63, 3.8) is 0 Å². The SMILES string of the molecule is Cc1cccc(N2CCN(S(=O)(=O)CCNC(=O)c3ccc(F)c(F)c3)CC2)c1. The fourth-order valence-corrected chi connectivity index (χ4v) is 4.55. The fourth-order valence-electron chi connectivity index (χ4n) is 3.21. The van der Waals surface area contributed by atoms with E-state index in [1.54, 1.807) is 0 Å². The van der Waals surface area contributed by atoms with Gasteiger partial charge in [-0.15, -0.1) is 0 Å². The molecule has 3 rings (SSSR count). The Kier molecular flexibility index (Phi) is 6.49. The van der Waals surface area contributed by atoms with Crippen molar-refractivity contribution in [3.05, 3.63) is 65.2 Å². The number of amides is 1. The lowest BCUT2D eigenvalue weighted by atomic mass is 10.2. The van der Waals surface area contributed by atoms with Crippen LogP contribution in [0.3, 0.4) is 0 Å². The van der Waals surface area contributed by atoms with Gasteiger partial charge >= 0.3 is 0 Å². The lowest BCUT2D eigenvalue weighted by molar-refractivity contribution is 0.0955. The topological polar surface area (TPSA) is 69.7 Å². The zero-order chi connectivity index (χ0) is 21.0. The van der Waals surface area contributed by atoms with E-state index in [9.17, 15) is 22.0 Å². The van der Waals surface area contributed by atoms with E-state index in [4.69, 9.17) is 0 Å². The van der Waals surface area contributed by atoms with Crippen LogP contribution in [-0.4, -0.2) is 57.1 Å². The molecule has 0 unspecified atom stereocenters. The van der Waals surface area contributed by atoms with Crippen molar-refractivity contribution in [2.24, 2.45) is 0 Å². The van der Waals surface area contributed by atoms with Crippen LogP contribution in [0.15, 0.2) is 42.5 Å². The van der Waals surface area contributed by atoms with Crippen LogP contribution >= 0.6 is 0 Å². The van der Waals surface area contributed by atoms with E-state index >= 15 is 0 Å². The quantitative estimate of drug-likeness (QED) is 0.773. The minimum Gasteiger partial charge on any atom is -0.369 e. The van der Waals surface area contributed by atoms with E-state index in [1.165, 1.54) is 4.31 Å². The number of piperazine rings is 1. The number of nitrogens with one attached hydrogen (secondary N) is 1. The summed E-state index contributed by atoms with van der Waals surface area (Å²) in [5.74, 6) is -3.08. The molecule has 0 radical (unpaired) electrons. The molecule has 0 bridgehead atoms. The van der Waals surface area contributed by atoms with Gasteiger partial charge < -0.3 is 10.2 Å². The van der Waals surface area contributed by atoms with Crippen LogP contribution in [-0.2, 0) is 10.0 Å². The second-order valence-electron chi connectivity index (χ2n) is 6.93. The zero-order valence-electron chi connectivity index (χ0n) is 16.1. The number of anilines is 1. The minimum atomic E-state index is -3.53. The van der Waals surface area contributed by atoms with Gasteiger partial charge in [0.15, 0.2) is 11.6 Å². The highest BCUT2D eigenvalue weighted by atomic mass is 32.2. The summed E-state index contributed by atoms with van der Waals surface area (Å²) in [5, 5.41) is 2.44. The van der Waals surface area contributed by atoms with Crippen LogP contribution in [0.25, 0.3) is 0 Å². The third-order valence-electron chi connectivity index (χ3n) is 4.83. The standard InChI is InChI=1S/C20H23F2N3O3S/c1-15-3-2-4-17(13-15)24-8-10-25(11-9-24)29(27,28)12-7-23-20(26)16-5-6-18(21)19(22)14-16/h2-6,13-14H,7-12H2,1H3,(H,23,26). The molecular weight excluding hydrogens is 400 g/mol. The molecule has 0 atom stereocenters. The van der Waals surface area contributed by atoms with Gasteiger partial charge in [-0.25, -0.2) is 17.2 Å². The van der Waals surface area contributed by atoms with Crippen LogP contribution in [0.5, 0.6) is 0 Å². The summed E-state index contributed by atoms with van der Waals surface area (Å²) >= 11 is 0. The number of sulfonamides is 1. The Morgan fingerprint density at radius 1 is 1.03 bits per heavy atom. The van der Waals surface area contributed by atoms with Gasteiger partial charge in [-0.1, -0.05) is 12.1 Å². The molecule has 6 nitrogen and oxygen atoms in total. The highest BCUT2D eigenvalue weighted by Gasteiger charge is 2.27. The molecule has 29 heavy (non-hydrogen) atoms. The number of hydrogen-bond acceptors (Lipinski definition) is 4. The maximum absolute atomic E-state index is 13.2. The first-order valence-corrected chi connectivity index (χ1v) is 10.9. The molecule has 1 heterocycles. The summed E-state index contributed by atoms with van der Waals surface area (Å²) < 4.78 is 52.7. The molecule has 0 saturated carbocycles. The van der Waals surface area contributed by atoms with Gasteiger partial charge in [-0.3, -0.25) is 4.79 Å². The van der Waals surface area contributed by atoms with Crippen LogP contribution in [0, 0.1) is 18.6 Å². The summed E-state index contributed by atoms with van der Waals surface area (Å²) in [5.41, 5.74) is 2.16. The monoisotopic (exact) mass is 423 g/mol. The number of benzene rings is 2. The fraction of sp³-hybridized carbons (Fsp3) is 0.350. The largest absolute Gasteiger partial charge is 0.369 e. The first-order valence-electron chi connectivity index (χ1n) is 9.29. The smallest absolute Gasteiger partial charge is 0.251 e. The Morgan fingerprint density at radius 3 is 2.41 bits per heavy atom. The molecule has 1 aliphatic rings. The summed E-state index contributed by atoms with van der Waals surface area (Å²) in [4.78, 5) is 14.1. The van der Waals surface area contributed by atoms with Crippen molar-refractivity contribution in [1.29, 1.82) is 0 Å². The number of carbonyl (C=O) groups excluding carboxylic acids is 1. The van der Waals surface area contributed by atoms with E-state index in [0.29, 0.717) is 26.2 Å². The Morgan fingerprint density at radius 2 is 1.76 bits per heavy atom. The normalized spacial score (nSPS) is 15.3. The Labute approximate surface area is 169 Å². The molecule has 2 aromatic carbocycles. The Balaban J connectivity index is 1.50. The van der Waals surface area contributed by atoms with E-state index in [1.807, 2.05) is 25.1 Å². The van der Waals surface area contributed by atoms with Crippen molar-refractivity contribution >= 4 is 21.6 Å². The Hall–Kier alpha value is -2.52. The molecular formula is C20H23F2N3O3S. The van der Waals surface area contributed by atoms with Crippen molar-refractivity contribution in [1.82, 2.24) is 9.62 Å². The lowest BCUT2D eigenvalue weighted by Crippen LogP contribution is -2.50. The molecule has 0 aliphatic carbocycles. The van der Waals surface area contributed by atoms with Crippen molar-refractivity contribution in [3.8, 4) is 0 Å². The van der Waals surface area contributed by atoms with Gasteiger partial charge in [-0.05, 0) is 42.8 Å². The summed E-state index contributed by atoms with van der Waals surface area (Å²) in [7, 11) is -3.53. The van der Waals surface area contributed by atoms with Gasteiger partial charge in [0.2, 0.25) is 10.0 Å². The predicted octanol–water partition coefficient (Wildman–Crippen LogP) is 2.16. The van der Waals surface area contributed by atoms with Crippen LogP contribution < -0.4 is 10.2 Å². The van der Waals surface area contributed by atoms with Crippen molar-refractivity contribution in [2.75, 3.05) is 43.4 Å². The van der Waals surface area contributed by atoms with E-state index in [0.717, 1.165) is 29.4 Å². The predicted molar refractivity (Wildman–Crippen MR) is 107 cm³/mol. The molecule has 2 aromatic rings. The highest BCUT2D eigenvalue weighted by Crippen LogP contribution is 2.19. The van der Waals surface area contributed by atoms with E-state index < -0.39 is 27.6 Å². The second-order valence-corrected chi connectivity index (χ2v) is 9.01. The third kappa shape index (κ3) is 5.30. The number of aryl methyl sites for hydroxylation is 1. The number of carbonyl (C=O) groups is 1. The molecule has 1 amide bonds. The Bertz CT molecular complexity index is 990. The minimum absolute atomic E-state index is 0.0620. The molecule has 156 valence electrons. The average Bonchev–Trinajstić information content (AvgIpc) is 2.70. The summed E-state index contributed by atoms with van der Waals surface area (Å²) in [6, 6.07) is 10.8. The third-order valence-corrected chi connectivity index (χ3v) is 6.70. The molecule has 1 aliphatic heterocycles. The maximum Gasteiger partial charge on any atom is 0.251 e. The molecule has 0 spiro atoms. The summed E-state index contributed by atoms with van der Waals surface area (Å²) in [6.45, 7) is 3.81. The molecule has 1 fully saturated rings. The van der Waals surface area contributed by atoms with Crippen LogP contribution in [0.2, 0.25) is 0 Å². The first kappa shape index (κ1) is 21.2. The van der Waals surface area contributed by atoms with Gasteiger partial charge in [0.05, 0.1) is 5.75 Å². The molecule has 9 heteroatoms. The van der Waals surface area contributed by atoms with Gasteiger partial charge in [-0.2, -0.15) is 4.31 Å². The average molecular weight is 423 g/mol. The number of hydrogen-bond donors (Lipinski definition) is 1. The number of halogens is 2. The first-order chi connectivity index (χ1) is 13.8. The van der Waals surface area contributed by atoms with E-state index in [-0.39, 0.29) is 17.9 Å². The van der Waals surface area contributed by atoms with Gasteiger partial charge in [0.1, 0.15) is 0 Å². The summed E-state index contributed by atoms with van der Waals surface area (Å²) in [6.07, 6.45) is 0. The second kappa shape index (κ2) is 8.87. The van der Waals surface area contributed by atoms with Crippen molar-refractivity contribution in [2.45, 2.75) is 6.92 Å². The van der Waals surface area contributed by atoms with Gasteiger partial charge in [0, 0.05) is 44.0 Å². The lowest BCUT2D eigenvalue weighted by Gasteiger charge is -2.35. The molecule has 1 N–H and O–H groups in total. The van der Waals surface area contributed by atoms with Crippen LogP contribution in [0.1, 0.15) is 15.9 Å². The van der Waals surface area contributed by atoms with Crippen molar-refractivity contribution < 1.29 is 22.0 Å². The van der Waals surface area contributed by atoms with Crippen LogP contribution in [0.4, 0.5) is 14.5 Å². The highest BCUT2D eigenvalue weighted by molar-refractivity contribution is 7.89. The molecule has 0 aromatic heterocycles. The van der Waals surface area contributed by atoms with Gasteiger partial charge in [0.25, 0.3) is 5.91 Å². The maximum atomic E-state index is 13.2.